The van der Waals surface area contributed by atoms with E-state index in [0.717, 1.165) is 18.4 Å². The zero-order valence-corrected chi connectivity index (χ0v) is 6.67. The van der Waals surface area contributed by atoms with Crippen LogP contribution in [0.4, 0.5) is 11.5 Å². The van der Waals surface area contributed by atoms with Crippen molar-refractivity contribution in [3.05, 3.63) is 17.8 Å². The summed E-state index contributed by atoms with van der Waals surface area (Å²) in [7, 11) is 0. The number of nitrogens with zero attached hydrogens (tertiary/aromatic N) is 1. The number of rotatable bonds is 2. The smallest absolute Gasteiger partial charge is 0.126 e. The molecule has 0 atom stereocenters. The van der Waals surface area contributed by atoms with Crippen molar-refractivity contribution in [3.8, 4) is 0 Å². The quantitative estimate of drug-likeness (QED) is 0.667. The van der Waals surface area contributed by atoms with Crippen molar-refractivity contribution < 1.29 is 0 Å². The van der Waals surface area contributed by atoms with Gasteiger partial charge in [0.1, 0.15) is 5.82 Å². The Morgan fingerprint density at radius 1 is 1.45 bits per heavy atom. The molecule has 0 aliphatic heterocycles. The van der Waals surface area contributed by atoms with Crippen LogP contribution in [0.3, 0.4) is 0 Å². The van der Waals surface area contributed by atoms with Crippen LogP contribution in [-0.2, 0) is 6.42 Å². The molecule has 60 valence electrons. The van der Waals surface area contributed by atoms with Crippen LogP contribution in [0.1, 0.15) is 18.9 Å². The molecule has 1 heterocycles. The standard InChI is InChI=1S/C8H13N3/c1-2-3-6-4-7(9)5-11-8(6)10/h4-5H,2-3,9H2,1H3,(H2,10,11). The van der Waals surface area contributed by atoms with Crippen LogP contribution >= 0.6 is 0 Å². The fraction of sp³-hybridized carbons (Fsp3) is 0.375. The summed E-state index contributed by atoms with van der Waals surface area (Å²) in [4.78, 5) is 3.95. The van der Waals surface area contributed by atoms with Crippen molar-refractivity contribution >= 4 is 11.5 Å². The first-order valence-corrected chi connectivity index (χ1v) is 3.74. The molecule has 1 rings (SSSR count). The minimum atomic E-state index is 0.598. The molecular formula is C8H13N3. The number of hydrogen-bond donors (Lipinski definition) is 2. The maximum Gasteiger partial charge on any atom is 0.126 e. The Labute approximate surface area is 66.4 Å². The Balaban J connectivity index is 2.93. The molecule has 0 saturated carbocycles. The molecule has 1 aromatic rings. The number of hydrogen-bond acceptors (Lipinski definition) is 3. The Kier molecular flexibility index (Phi) is 2.31. The molecule has 0 fully saturated rings. The van der Waals surface area contributed by atoms with E-state index in [1.807, 2.05) is 6.07 Å². The van der Waals surface area contributed by atoms with Crippen molar-refractivity contribution in [2.75, 3.05) is 11.5 Å². The van der Waals surface area contributed by atoms with Crippen LogP contribution in [0.5, 0.6) is 0 Å². The van der Waals surface area contributed by atoms with Crippen molar-refractivity contribution in [1.29, 1.82) is 0 Å². The topological polar surface area (TPSA) is 64.9 Å². The lowest BCUT2D eigenvalue weighted by molar-refractivity contribution is 0.918. The zero-order chi connectivity index (χ0) is 8.27. The molecule has 3 nitrogen and oxygen atoms in total. The van der Waals surface area contributed by atoms with Crippen LogP contribution in [0.2, 0.25) is 0 Å². The normalized spacial score (nSPS) is 9.91. The van der Waals surface area contributed by atoms with E-state index in [1.165, 1.54) is 0 Å². The van der Waals surface area contributed by atoms with Gasteiger partial charge in [0.2, 0.25) is 0 Å². The molecule has 0 aliphatic rings. The molecule has 0 saturated heterocycles. The first kappa shape index (κ1) is 7.85. The van der Waals surface area contributed by atoms with Crippen molar-refractivity contribution in [2.24, 2.45) is 0 Å². The average Bonchev–Trinajstić information content (AvgIpc) is 1.98. The minimum absolute atomic E-state index is 0.598. The van der Waals surface area contributed by atoms with E-state index in [-0.39, 0.29) is 0 Å². The Morgan fingerprint density at radius 3 is 2.82 bits per heavy atom. The van der Waals surface area contributed by atoms with Gasteiger partial charge in [-0.3, -0.25) is 0 Å². The monoisotopic (exact) mass is 151 g/mol. The van der Waals surface area contributed by atoms with Gasteiger partial charge >= 0.3 is 0 Å². The summed E-state index contributed by atoms with van der Waals surface area (Å²) in [5, 5.41) is 0. The van der Waals surface area contributed by atoms with Gasteiger partial charge in [-0.1, -0.05) is 13.3 Å². The zero-order valence-electron chi connectivity index (χ0n) is 6.67. The second kappa shape index (κ2) is 3.23. The Bertz CT molecular complexity index is 245. The summed E-state index contributed by atoms with van der Waals surface area (Å²) < 4.78 is 0. The van der Waals surface area contributed by atoms with Gasteiger partial charge in [0.25, 0.3) is 0 Å². The fourth-order valence-corrected chi connectivity index (χ4v) is 1.01. The molecule has 0 bridgehead atoms. The molecule has 4 N–H and O–H groups in total. The van der Waals surface area contributed by atoms with Gasteiger partial charge in [-0.15, -0.1) is 0 Å². The van der Waals surface area contributed by atoms with Gasteiger partial charge in [-0.25, -0.2) is 4.98 Å². The van der Waals surface area contributed by atoms with Crippen LogP contribution in [0.15, 0.2) is 12.3 Å². The third-order valence-electron chi connectivity index (χ3n) is 1.54. The second-order valence-electron chi connectivity index (χ2n) is 2.56. The predicted molar refractivity (Wildman–Crippen MR) is 47.1 cm³/mol. The predicted octanol–water partition coefficient (Wildman–Crippen LogP) is 1.20. The van der Waals surface area contributed by atoms with E-state index in [1.54, 1.807) is 6.20 Å². The van der Waals surface area contributed by atoms with Crippen LogP contribution in [0, 0.1) is 0 Å². The highest BCUT2D eigenvalue weighted by atomic mass is 14.8. The third kappa shape index (κ3) is 1.83. The first-order chi connectivity index (χ1) is 5.24. The number of nitrogen functional groups attached to an aromatic ring is 2. The number of pyridine rings is 1. The van der Waals surface area contributed by atoms with Crippen LogP contribution in [0.25, 0.3) is 0 Å². The van der Waals surface area contributed by atoms with Crippen LogP contribution < -0.4 is 11.5 Å². The summed E-state index contributed by atoms with van der Waals surface area (Å²) in [6.45, 7) is 2.10. The number of aromatic nitrogens is 1. The molecule has 0 unspecified atom stereocenters. The van der Waals surface area contributed by atoms with Crippen LogP contribution in [-0.4, -0.2) is 4.98 Å². The first-order valence-electron chi connectivity index (χ1n) is 3.74. The maximum atomic E-state index is 5.61. The van der Waals surface area contributed by atoms with Crippen molar-refractivity contribution in [1.82, 2.24) is 4.98 Å². The molecule has 0 aromatic carbocycles. The molecule has 0 aliphatic carbocycles. The average molecular weight is 151 g/mol. The fourth-order valence-electron chi connectivity index (χ4n) is 1.01. The lowest BCUT2D eigenvalue weighted by Gasteiger charge is -2.02. The van der Waals surface area contributed by atoms with Gasteiger partial charge in [-0.05, 0) is 18.1 Å². The highest BCUT2D eigenvalue weighted by molar-refractivity contribution is 5.48. The van der Waals surface area contributed by atoms with E-state index in [0.29, 0.717) is 11.5 Å². The summed E-state index contributed by atoms with van der Waals surface area (Å²) in [5.41, 5.74) is 12.9. The van der Waals surface area contributed by atoms with E-state index >= 15 is 0 Å². The number of aryl methyl sites for hydroxylation is 1. The largest absolute Gasteiger partial charge is 0.397 e. The highest BCUT2D eigenvalue weighted by Gasteiger charge is 1.98. The molecule has 0 amide bonds. The number of anilines is 2. The van der Waals surface area contributed by atoms with Gasteiger partial charge in [0.05, 0.1) is 11.9 Å². The highest BCUT2D eigenvalue weighted by Crippen LogP contribution is 2.13. The van der Waals surface area contributed by atoms with Gasteiger partial charge < -0.3 is 11.5 Å². The lowest BCUT2D eigenvalue weighted by Crippen LogP contribution is -1.99. The minimum Gasteiger partial charge on any atom is -0.397 e. The second-order valence-corrected chi connectivity index (χ2v) is 2.56. The van der Waals surface area contributed by atoms with E-state index in [9.17, 15) is 0 Å². The molecule has 3 heteroatoms. The SMILES string of the molecule is CCCc1cc(N)cnc1N. The van der Waals surface area contributed by atoms with E-state index in [2.05, 4.69) is 11.9 Å². The summed E-state index contributed by atoms with van der Waals surface area (Å²) in [6.07, 6.45) is 3.59. The Hall–Kier alpha value is -1.25. The Morgan fingerprint density at radius 2 is 2.18 bits per heavy atom. The molecule has 0 spiro atoms. The molecular weight excluding hydrogens is 138 g/mol. The summed E-state index contributed by atoms with van der Waals surface area (Å²) in [6, 6.07) is 1.88. The van der Waals surface area contributed by atoms with Gasteiger partial charge in [0, 0.05) is 0 Å². The number of nitrogens with two attached hydrogens (primary N) is 2. The lowest BCUT2D eigenvalue weighted by atomic mass is 10.1. The van der Waals surface area contributed by atoms with Gasteiger partial charge in [0.15, 0.2) is 0 Å². The third-order valence-corrected chi connectivity index (χ3v) is 1.54. The molecule has 1 aromatic heterocycles. The molecule has 0 radical (unpaired) electrons. The summed E-state index contributed by atoms with van der Waals surface area (Å²) >= 11 is 0. The van der Waals surface area contributed by atoms with Gasteiger partial charge in [-0.2, -0.15) is 0 Å². The van der Waals surface area contributed by atoms with E-state index < -0.39 is 0 Å². The van der Waals surface area contributed by atoms with Crippen molar-refractivity contribution in [2.45, 2.75) is 19.8 Å². The summed E-state index contributed by atoms with van der Waals surface area (Å²) in [5.74, 6) is 0.598. The van der Waals surface area contributed by atoms with Crippen molar-refractivity contribution in [3.63, 3.8) is 0 Å². The maximum absolute atomic E-state index is 5.61. The molecule has 11 heavy (non-hydrogen) atoms. The van der Waals surface area contributed by atoms with E-state index in [4.69, 9.17) is 11.5 Å².